The number of carbonyl (C=O) groups excluding carboxylic acids is 2. The van der Waals surface area contributed by atoms with Crippen molar-refractivity contribution in [3.8, 4) is 11.8 Å². The number of hydrogen-bond acceptors (Lipinski definition) is 8. The summed E-state index contributed by atoms with van der Waals surface area (Å²) in [6.07, 6.45) is -3.73. The van der Waals surface area contributed by atoms with Crippen molar-refractivity contribution >= 4 is 29.2 Å². The molecule has 1 heterocycles. The third-order valence-corrected chi connectivity index (χ3v) is 5.11. The molecule has 1 aliphatic rings. The van der Waals surface area contributed by atoms with Gasteiger partial charge in [0.2, 0.25) is 0 Å². The largest absolute Gasteiger partial charge is 0.478 e. The molecule has 1 aliphatic heterocycles. The number of aliphatic hydroxyl groups excluding tert-OH is 1. The summed E-state index contributed by atoms with van der Waals surface area (Å²) in [5.41, 5.74) is 5.65. The molecule has 184 valence electrons. The number of carboxylic acid groups (broad SMARTS) is 1. The number of anilines is 2. The number of benzene rings is 2. The van der Waals surface area contributed by atoms with Crippen LogP contribution in [0.1, 0.15) is 21.5 Å². The van der Waals surface area contributed by atoms with Crippen LogP contribution in [0.2, 0.25) is 0 Å². The first-order valence-electron chi connectivity index (χ1n) is 10.1. The zero-order valence-electron chi connectivity index (χ0n) is 18.0. The lowest BCUT2D eigenvalue weighted by Gasteiger charge is -2.35. The molecular weight excluding hydrogens is 470 g/mol. The van der Waals surface area contributed by atoms with Crippen molar-refractivity contribution in [1.29, 1.82) is 5.26 Å². The number of nitrogens with one attached hydrogen (secondary N) is 1. The van der Waals surface area contributed by atoms with Gasteiger partial charge in [0.15, 0.2) is 18.0 Å². The summed E-state index contributed by atoms with van der Waals surface area (Å²) in [5.74, 6) is -4.28. The summed E-state index contributed by atoms with van der Waals surface area (Å²) < 4.78 is 35.6. The fourth-order valence-corrected chi connectivity index (χ4v) is 3.49. The number of ether oxygens (including phenoxy) is 2. The van der Waals surface area contributed by atoms with Gasteiger partial charge in [-0.25, -0.2) is 4.79 Å². The number of amides is 2. The van der Waals surface area contributed by atoms with Gasteiger partial charge in [-0.3, -0.25) is 9.59 Å². The van der Waals surface area contributed by atoms with Gasteiger partial charge in [0.25, 0.3) is 11.8 Å². The van der Waals surface area contributed by atoms with Gasteiger partial charge >= 0.3 is 12.6 Å². The zero-order chi connectivity index (χ0) is 25.7. The summed E-state index contributed by atoms with van der Waals surface area (Å²) in [5, 5.41) is 31.3. The van der Waals surface area contributed by atoms with Crippen molar-refractivity contribution in [3.63, 3.8) is 0 Å². The SMILES string of the molecule is N#Cc1ccc(NC(=O)[C@H](O)[C@H]2OCCN(c3cccc(C(=O)O)c3OC(F)F)C2=O)cc1CN. The Hall–Kier alpha value is -4.12. The number of carbonyl (C=O) groups is 3. The van der Waals surface area contributed by atoms with Crippen LogP contribution >= 0.6 is 0 Å². The van der Waals surface area contributed by atoms with E-state index in [4.69, 9.17) is 15.7 Å². The van der Waals surface area contributed by atoms with Crippen LogP contribution in [0, 0.1) is 11.3 Å². The number of aliphatic hydroxyl groups is 1. The molecule has 0 unspecified atom stereocenters. The van der Waals surface area contributed by atoms with E-state index in [1.807, 2.05) is 6.07 Å². The van der Waals surface area contributed by atoms with Gasteiger partial charge in [0, 0.05) is 18.8 Å². The van der Waals surface area contributed by atoms with E-state index in [1.165, 1.54) is 30.3 Å². The van der Waals surface area contributed by atoms with Gasteiger partial charge in [-0.05, 0) is 35.9 Å². The number of aromatic carboxylic acids is 1. The maximum Gasteiger partial charge on any atom is 0.387 e. The van der Waals surface area contributed by atoms with Crippen molar-refractivity contribution < 1.29 is 42.9 Å². The van der Waals surface area contributed by atoms with Gasteiger partial charge in [-0.15, -0.1) is 0 Å². The molecule has 3 rings (SSSR count). The maximum atomic E-state index is 13.0. The van der Waals surface area contributed by atoms with E-state index in [1.54, 1.807) is 0 Å². The Morgan fingerprint density at radius 2 is 2.09 bits per heavy atom. The average Bonchev–Trinajstić information content (AvgIpc) is 2.83. The predicted octanol–water partition coefficient (Wildman–Crippen LogP) is 1.05. The molecule has 1 fully saturated rings. The smallest absolute Gasteiger partial charge is 0.387 e. The lowest BCUT2D eigenvalue weighted by molar-refractivity contribution is -0.150. The van der Waals surface area contributed by atoms with Gasteiger partial charge in [-0.2, -0.15) is 14.0 Å². The molecule has 2 atom stereocenters. The Morgan fingerprint density at radius 1 is 1.34 bits per heavy atom. The number of nitriles is 1. The first-order valence-corrected chi connectivity index (χ1v) is 10.1. The van der Waals surface area contributed by atoms with E-state index in [0.29, 0.717) is 11.1 Å². The molecule has 0 aliphatic carbocycles. The lowest BCUT2D eigenvalue weighted by Crippen LogP contribution is -2.55. The highest BCUT2D eigenvalue weighted by Gasteiger charge is 2.40. The number of morpholine rings is 1. The fraction of sp³-hybridized carbons (Fsp3) is 0.273. The Labute approximate surface area is 197 Å². The predicted molar refractivity (Wildman–Crippen MR) is 116 cm³/mol. The van der Waals surface area contributed by atoms with Gasteiger partial charge in [-0.1, -0.05) is 6.07 Å². The van der Waals surface area contributed by atoms with Crippen molar-refractivity contribution in [2.75, 3.05) is 23.4 Å². The number of rotatable bonds is 8. The maximum absolute atomic E-state index is 13.0. The number of para-hydroxylation sites is 1. The van der Waals surface area contributed by atoms with Crippen molar-refractivity contribution in [2.24, 2.45) is 5.73 Å². The normalized spacial score (nSPS) is 16.5. The number of alkyl halides is 2. The average molecular weight is 490 g/mol. The van der Waals surface area contributed by atoms with Crippen LogP contribution in [0.25, 0.3) is 0 Å². The van der Waals surface area contributed by atoms with Gasteiger partial charge in [0.1, 0.15) is 5.56 Å². The van der Waals surface area contributed by atoms with Crippen LogP contribution in [-0.4, -0.2) is 60.0 Å². The Kier molecular flexibility index (Phi) is 7.92. The molecule has 2 aromatic carbocycles. The van der Waals surface area contributed by atoms with E-state index in [0.717, 1.165) is 11.0 Å². The fourth-order valence-electron chi connectivity index (χ4n) is 3.49. The number of hydrogen-bond donors (Lipinski definition) is 4. The Bertz CT molecular complexity index is 1180. The third-order valence-electron chi connectivity index (χ3n) is 5.11. The minimum Gasteiger partial charge on any atom is -0.478 e. The second-order valence-electron chi connectivity index (χ2n) is 7.24. The summed E-state index contributed by atoms with van der Waals surface area (Å²) in [7, 11) is 0. The van der Waals surface area contributed by atoms with Gasteiger partial charge in [0.05, 0.1) is 23.9 Å². The number of nitrogens with two attached hydrogens (primary N) is 1. The van der Waals surface area contributed by atoms with E-state index in [2.05, 4.69) is 10.1 Å². The van der Waals surface area contributed by atoms with E-state index < -0.39 is 47.9 Å². The van der Waals surface area contributed by atoms with E-state index >= 15 is 0 Å². The van der Waals surface area contributed by atoms with Gasteiger partial charge < -0.3 is 35.6 Å². The summed E-state index contributed by atoms with van der Waals surface area (Å²) in [6, 6.07) is 9.67. The minimum atomic E-state index is -3.37. The topological polar surface area (TPSA) is 175 Å². The highest BCUT2D eigenvalue weighted by molar-refractivity contribution is 6.05. The molecule has 11 nitrogen and oxygen atoms in total. The molecule has 0 saturated carbocycles. The third kappa shape index (κ3) is 5.52. The van der Waals surface area contributed by atoms with Crippen LogP contribution in [-0.2, 0) is 20.9 Å². The second kappa shape index (κ2) is 10.9. The molecule has 1 saturated heterocycles. The molecule has 2 aromatic rings. The molecule has 0 spiro atoms. The molecule has 35 heavy (non-hydrogen) atoms. The second-order valence-corrected chi connectivity index (χ2v) is 7.24. The highest BCUT2D eigenvalue weighted by Crippen LogP contribution is 2.35. The van der Waals surface area contributed by atoms with Crippen molar-refractivity contribution in [2.45, 2.75) is 25.4 Å². The Morgan fingerprint density at radius 3 is 2.71 bits per heavy atom. The van der Waals surface area contributed by atoms with Crippen LogP contribution < -0.4 is 20.7 Å². The molecule has 5 N–H and O–H groups in total. The van der Waals surface area contributed by atoms with Crippen LogP contribution in [0.4, 0.5) is 20.2 Å². The standard InChI is InChI=1S/C22H20F2N4O7/c23-22(24)35-17-14(21(32)33)2-1-3-15(17)28-6-7-34-18(20(28)31)16(29)19(30)27-13-5-4-11(9-25)12(8-13)10-26/h1-5,8,16,18,22,29H,6-7,10,26H2,(H,27,30)(H,32,33)/t16-,18-/m1/s1. The molecule has 0 aromatic heterocycles. The Balaban J connectivity index is 1.84. The van der Waals surface area contributed by atoms with Crippen molar-refractivity contribution in [1.82, 2.24) is 0 Å². The molecule has 0 radical (unpaired) electrons. The summed E-state index contributed by atoms with van der Waals surface area (Å²) in [4.78, 5) is 38.0. The quantitative estimate of drug-likeness (QED) is 0.421. The van der Waals surface area contributed by atoms with Crippen LogP contribution in [0.5, 0.6) is 5.75 Å². The molecule has 0 bridgehead atoms. The van der Waals surface area contributed by atoms with Crippen LogP contribution in [0.15, 0.2) is 36.4 Å². The summed E-state index contributed by atoms with van der Waals surface area (Å²) >= 11 is 0. The zero-order valence-corrected chi connectivity index (χ0v) is 18.0. The number of nitrogens with zero attached hydrogens (tertiary/aromatic N) is 2. The molecule has 13 heteroatoms. The molecular formula is C22H20F2N4O7. The summed E-state index contributed by atoms with van der Waals surface area (Å²) in [6.45, 7) is -3.72. The minimum absolute atomic E-state index is 0.0206. The first-order chi connectivity index (χ1) is 16.7. The lowest BCUT2D eigenvalue weighted by atomic mass is 10.1. The number of halogens is 2. The number of carboxylic acids is 1. The van der Waals surface area contributed by atoms with E-state index in [-0.39, 0.29) is 31.1 Å². The van der Waals surface area contributed by atoms with Crippen LogP contribution in [0.3, 0.4) is 0 Å². The van der Waals surface area contributed by atoms with Crippen molar-refractivity contribution in [3.05, 3.63) is 53.1 Å². The highest BCUT2D eigenvalue weighted by atomic mass is 19.3. The van der Waals surface area contributed by atoms with E-state index in [9.17, 15) is 33.4 Å². The molecule has 2 amide bonds. The monoisotopic (exact) mass is 490 g/mol. The first kappa shape index (κ1) is 25.5.